The molecular weight excluding hydrogens is 222 g/mol. The Kier molecular flexibility index (Phi) is 3.09. The van der Waals surface area contributed by atoms with E-state index in [1.165, 1.54) is 6.08 Å². The molecule has 5 nitrogen and oxygen atoms in total. The molecule has 0 aromatic heterocycles. The highest BCUT2D eigenvalue weighted by molar-refractivity contribution is 6.09. The van der Waals surface area contributed by atoms with Crippen LogP contribution in [0.15, 0.2) is 30.0 Å². The predicted molar refractivity (Wildman–Crippen MR) is 60.2 cm³/mol. The van der Waals surface area contributed by atoms with E-state index in [2.05, 4.69) is 4.74 Å². The maximum atomic E-state index is 11.2. The summed E-state index contributed by atoms with van der Waals surface area (Å²) < 4.78 is 9.97. The van der Waals surface area contributed by atoms with Gasteiger partial charge in [-0.1, -0.05) is 12.1 Å². The zero-order chi connectivity index (χ0) is 12.3. The SMILES string of the molecule is CCOc1ccc(/C=C2\OC(=O)NC2=O)cc1. The van der Waals surface area contributed by atoms with Gasteiger partial charge >= 0.3 is 6.09 Å². The Hall–Kier alpha value is -2.30. The minimum absolute atomic E-state index is 0.000778. The fourth-order valence-electron chi connectivity index (χ4n) is 1.40. The topological polar surface area (TPSA) is 64.6 Å². The zero-order valence-corrected chi connectivity index (χ0v) is 9.23. The minimum atomic E-state index is -0.743. The van der Waals surface area contributed by atoms with Crippen LogP contribution in [0.4, 0.5) is 4.79 Å². The second-order valence-corrected chi connectivity index (χ2v) is 3.35. The average Bonchev–Trinajstić information content (AvgIpc) is 2.61. The summed E-state index contributed by atoms with van der Waals surface area (Å²) in [5.74, 6) is 0.227. The molecule has 0 radical (unpaired) electrons. The molecule has 1 fully saturated rings. The molecule has 88 valence electrons. The summed E-state index contributed by atoms with van der Waals surface area (Å²) in [6, 6.07) is 7.12. The summed E-state index contributed by atoms with van der Waals surface area (Å²) >= 11 is 0. The highest BCUT2D eigenvalue weighted by Crippen LogP contribution is 2.16. The molecule has 0 aliphatic carbocycles. The number of amides is 2. The first-order chi connectivity index (χ1) is 8.19. The van der Waals surface area contributed by atoms with E-state index in [0.717, 1.165) is 11.3 Å². The first-order valence-corrected chi connectivity index (χ1v) is 5.17. The number of benzene rings is 1. The van der Waals surface area contributed by atoms with Crippen LogP contribution in [0, 0.1) is 0 Å². The first kappa shape index (κ1) is 11.2. The summed E-state index contributed by atoms with van der Waals surface area (Å²) in [6.07, 6.45) is 0.753. The molecule has 17 heavy (non-hydrogen) atoms. The Morgan fingerprint density at radius 1 is 1.29 bits per heavy atom. The van der Waals surface area contributed by atoms with Crippen molar-refractivity contribution in [2.24, 2.45) is 0 Å². The lowest BCUT2D eigenvalue weighted by molar-refractivity contribution is -0.116. The van der Waals surface area contributed by atoms with E-state index in [1.807, 2.05) is 12.2 Å². The number of imide groups is 1. The van der Waals surface area contributed by atoms with Gasteiger partial charge in [-0.15, -0.1) is 0 Å². The Labute approximate surface area is 98.0 Å². The van der Waals surface area contributed by atoms with Gasteiger partial charge in [-0.05, 0) is 30.7 Å². The first-order valence-electron chi connectivity index (χ1n) is 5.17. The number of carbonyl (C=O) groups is 2. The molecule has 1 aromatic rings. The standard InChI is InChI=1S/C12H11NO4/c1-2-16-9-5-3-8(4-6-9)7-10-11(14)13-12(15)17-10/h3-7H,2H2,1H3,(H,13,14,15)/b10-7-. The van der Waals surface area contributed by atoms with Crippen molar-refractivity contribution in [3.8, 4) is 5.75 Å². The second kappa shape index (κ2) is 4.69. The van der Waals surface area contributed by atoms with Crippen molar-refractivity contribution in [1.82, 2.24) is 5.32 Å². The average molecular weight is 233 g/mol. The molecule has 1 saturated heterocycles. The number of alkyl carbamates (subject to hydrolysis) is 1. The van der Waals surface area contributed by atoms with Crippen molar-refractivity contribution >= 4 is 18.1 Å². The van der Waals surface area contributed by atoms with Crippen LogP contribution in [-0.2, 0) is 9.53 Å². The molecular formula is C12H11NO4. The normalized spacial score (nSPS) is 16.9. The number of carbonyl (C=O) groups excluding carboxylic acids is 2. The highest BCUT2D eigenvalue weighted by Gasteiger charge is 2.25. The van der Waals surface area contributed by atoms with Crippen molar-refractivity contribution in [2.75, 3.05) is 6.61 Å². The molecule has 1 aliphatic rings. The van der Waals surface area contributed by atoms with Crippen molar-refractivity contribution in [3.05, 3.63) is 35.6 Å². The van der Waals surface area contributed by atoms with E-state index in [9.17, 15) is 9.59 Å². The molecule has 2 amide bonds. The largest absolute Gasteiger partial charge is 0.494 e. The number of hydrogen-bond donors (Lipinski definition) is 1. The summed E-state index contributed by atoms with van der Waals surface area (Å²) in [7, 11) is 0. The monoisotopic (exact) mass is 233 g/mol. The molecule has 0 spiro atoms. The summed E-state index contributed by atoms with van der Waals surface area (Å²) in [5, 5.41) is 2.03. The van der Waals surface area contributed by atoms with Crippen molar-refractivity contribution in [1.29, 1.82) is 0 Å². The third kappa shape index (κ3) is 2.63. The van der Waals surface area contributed by atoms with Gasteiger partial charge in [-0.2, -0.15) is 0 Å². The van der Waals surface area contributed by atoms with Gasteiger partial charge in [-0.3, -0.25) is 10.1 Å². The van der Waals surface area contributed by atoms with E-state index in [-0.39, 0.29) is 5.76 Å². The molecule has 1 aromatic carbocycles. The third-order valence-electron chi connectivity index (χ3n) is 2.13. The quantitative estimate of drug-likeness (QED) is 0.807. The Morgan fingerprint density at radius 2 is 2.00 bits per heavy atom. The van der Waals surface area contributed by atoms with Crippen molar-refractivity contribution in [3.63, 3.8) is 0 Å². The predicted octanol–water partition coefficient (Wildman–Crippen LogP) is 1.69. The van der Waals surface area contributed by atoms with Crippen LogP contribution in [-0.4, -0.2) is 18.6 Å². The van der Waals surface area contributed by atoms with E-state index in [1.54, 1.807) is 24.3 Å². The lowest BCUT2D eigenvalue weighted by Crippen LogP contribution is -2.18. The summed E-state index contributed by atoms with van der Waals surface area (Å²) in [6.45, 7) is 2.50. The van der Waals surface area contributed by atoms with Crippen LogP contribution >= 0.6 is 0 Å². The number of hydrogen-bond acceptors (Lipinski definition) is 4. The maximum Gasteiger partial charge on any atom is 0.419 e. The number of rotatable bonds is 3. The van der Waals surface area contributed by atoms with Crippen LogP contribution in [0.2, 0.25) is 0 Å². The van der Waals surface area contributed by atoms with Crippen LogP contribution in [0.5, 0.6) is 5.75 Å². The number of ether oxygens (including phenoxy) is 2. The summed E-state index contributed by atoms with van der Waals surface area (Å²) in [4.78, 5) is 22.0. The Morgan fingerprint density at radius 3 is 2.53 bits per heavy atom. The molecule has 1 aliphatic heterocycles. The fraction of sp³-hybridized carbons (Fsp3) is 0.167. The van der Waals surface area contributed by atoms with Gasteiger partial charge in [0.25, 0.3) is 5.91 Å². The Balaban J connectivity index is 2.16. The van der Waals surface area contributed by atoms with E-state index in [0.29, 0.717) is 6.61 Å². The zero-order valence-electron chi connectivity index (χ0n) is 9.23. The third-order valence-corrected chi connectivity index (χ3v) is 2.13. The lowest BCUT2D eigenvalue weighted by atomic mass is 10.2. The van der Waals surface area contributed by atoms with Crippen molar-refractivity contribution in [2.45, 2.75) is 6.92 Å². The lowest BCUT2D eigenvalue weighted by Gasteiger charge is -2.02. The van der Waals surface area contributed by atoms with Crippen LogP contribution in [0.25, 0.3) is 6.08 Å². The molecule has 0 saturated carbocycles. The van der Waals surface area contributed by atoms with Gasteiger partial charge < -0.3 is 9.47 Å². The van der Waals surface area contributed by atoms with Gasteiger partial charge in [0.15, 0.2) is 5.76 Å². The molecule has 0 unspecified atom stereocenters. The molecule has 1 N–H and O–H groups in total. The van der Waals surface area contributed by atoms with Gasteiger partial charge in [0.2, 0.25) is 0 Å². The maximum absolute atomic E-state index is 11.2. The van der Waals surface area contributed by atoms with Crippen molar-refractivity contribution < 1.29 is 19.1 Å². The van der Waals surface area contributed by atoms with Crippen LogP contribution < -0.4 is 10.1 Å². The number of cyclic esters (lactones) is 1. The molecule has 5 heteroatoms. The fourth-order valence-corrected chi connectivity index (χ4v) is 1.40. The highest BCUT2D eigenvalue weighted by atomic mass is 16.6. The molecule has 0 atom stereocenters. The van der Waals surface area contributed by atoms with Crippen LogP contribution in [0.3, 0.4) is 0 Å². The van der Waals surface area contributed by atoms with Gasteiger partial charge in [0.1, 0.15) is 5.75 Å². The van der Waals surface area contributed by atoms with E-state index >= 15 is 0 Å². The second-order valence-electron chi connectivity index (χ2n) is 3.35. The van der Waals surface area contributed by atoms with E-state index in [4.69, 9.17) is 4.74 Å². The van der Waals surface area contributed by atoms with Gasteiger partial charge in [0, 0.05) is 0 Å². The van der Waals surface area contributed by atoms with Gasteiger partial charge in [0.05, 0.1) is 6.61 Å². The summed E-state index contributed by atoms with van der Waals surface area (Å²) in [5.41, 5.74) is 0.758. The minimum Gasteiger partial charge on any atom is -0.494 e. The Bertz CT molecular complexity index is 476. The molecule has 1 heterocycles. The molecule has 2 rings (SSSR count). The smallest absolute Gasteiger partial charge is 0.419 e. The number of nitrogens with one attached hydrogen (secondary N) is 1. The van der Waals surface area contributed by atoms with Gasteiger partial charge in [-0.25, -0.2) is 4.79 Å². The van der Waals surface area contributed by atoms with E-state index < -0.39 is 12.0 Å². The molecule has 0 bridgehead atoms. The van der Waals surface area contributed by atoms with Crippen LogP contribution in [0.1, 0.15) is 12.5 Å².